The first-order chi connectivity index (χ1) is 13.7. The van der Waals surface area contributed by atoms with Crippen LogP contribution in [0.5, 0.6) is 0 Å². The minimum atomic E-state index is -0.407. The molecule has 1 aliphatic heterocycles. The van der Waals surface area contributed by atoms with Gasteiger partial charge in [0.15, 0.2) is 11.4 Å². The van der Waals surface area contributed by atoms with E-state index < -0.39 is 6.61 Å². The van der Waals surface area contributed by atoms with Crippen LogP contribution in [-0.4, -0.2) is 66.4 Å². The van der Waals surface area contributed by atoms with E-state index in [0.717, 1.165) is 68.3 Å². The summed E-state index contributed by atoms with van der Waals surface area (Å²) in [6.45, 7) is 4.82. The summed E-state index contributed by atoms with van der Waals surface area (Å²) in [5.74, 6) is 1.47. The highest BCUT2D eigenvalue weighted by atomic mass is 16.5. The molecular weight excluding hydrogens is 356 g/mol. The predicted octanol–water partition coefficient (Wildman–Crippen LogP) is 2.01. The molecule has 7 heteroatoms. The van der Waals surface area contributed by atoms with E-state index in [1.54, 1.807) is 0 Å². The minimum absolute atomic E-state index is 0.247. The number of carbonyl (C=O) groups is 1. The fourth-order valence-corrected chi connectivity index (χ4v) is 4.52. The van der Waals surface area contributed by atoms with Gasteiger partial charge in [0.2, 0.25) is 5.91 Å². The van der Waals surface area contributed by atoms with Crippen molar-refractivity contribution in [2.24, 2.45) is 5.92 Å². The topological polar surface area (TPSA) is 81.8 Å². The van der Waals surface area contributed by atoms with Crippen LogP contribution in [0.4, 0.5) is 5.82 Å². The molecule has 7 nitrogen and oxygen atoms in total. The molecule has 0 bridgehead atoms. The van der Waals surface area contributed by atoms with Crippen LogP contribution in [0, 0.1) is 5.92 Å². The molecule has 152 valence electrons. The Bertz CT molecular complexity index is 777. The summed E-state index contributed by atoms with van der Waals surface area (Å²) < 4.78 is 5.45. The zero-order chi connectivity index (χ0) is 19.3. The number of nitrogens with zero attached hydrogens (tertiary/aromatic N) is 3. The van der Waals surface area contributed by atoms with Crippen molar-refractivity contribution in [3.8, 4) is 0 Å². The zero-order valence-electron chi connectivity index (χ0n) is 16.3. The van der Waals surface area contributed by atoms with Crippen molar-refractivity contribution in [2.45, 2.75) is 38.1 Å². The van der Waals surface area contributed by atoms with Crippen LogP contribution in [0.15, 0.2) is 28.8 Å². The Morgan fingerprint density at radius 2 is 1.89 bits per heavy atom. The van der Waals surface area contributed by atoms with Gasteiger partial charge in [-0.3, -0.25) is 9.69 Å². The van der Waals surface area contributed by atoms with Crippen molar-refractivity contribution in [1.82, 2.24) is 15.4 Å². The van der Waals surface area contributed by atoms with Gasteiger partial charge in [-0.05, 0) is 56.7 Å². The van der Waals surface area contributed by atoms with Crippen molar-refractivity contribution >= 4 is 22.7 Å². The maximum Gasteiger partial charge on any atom is 0.245 e. The van der Waals surface area contributed by atoms with Gasteiger partial charge in [0.05, 0.1) is 5.39 Å². The number of piperazine rings is 1. The van der Waals surface area contributed by atoms with E-state index in [2.05, 4.69) is 26.3 Å². The summed E-state index contributed by atoms with van der Waals surface area (Å²) in [4.78, 5) is 16.2. The van der Waals surface area contributed by atoms with Crippen molar-refractivity contribution in [3.05, 3.63) is 24.3 Å². The minimum Gasteiger partial charge on any atom is -0.387 e. The molecule has 2 heterocycles. The van der Waals surface area contributed by atoms with Gasteiger partial charge in [-0.15, -0.1) is 0 Å². The fourth-order valence-electron chi connectivity index (χ4n) is 4.52. The zero-order valence-corrected chi connectivity index (χ0v) is 16.3. The Hall–Kier alpha value is -2.12. The molecule has 2 fully saturated rings. The van der Waals surface area contributed by atoms with E-state index in [1.807, 2.05) is 18.2 Å². The molecule has 2 aromatic rings. The monoisotopic (exact) mass is 386 g/mol. The summed E-state index contributed by atoms with van der Waals surface area (Å²) >= 11 is 0. The Balaban J connectivity index is 1.19. The van der Waals surface area contributed by atoms with Gasteiger partial charge in [-0.25, -0.2) is 0 Å². The summed E-state index contributed by atoms with van der Waals surface area (Å²) in [7, 11) is 0. The lowest BCUT2D eigenvalue weighted by Crippen LogP contribution is -2.47. The number of fused-ring (bicyclic) bond motifs is 1. The first-order valence-corrected chi connectivity index (χ1v) is 10.4. The average molecular weight is 386 g/mol. The molecular formula is C21H30N4O3. The molecule has 1 aliphatic carbocycles. The fraction of sp³-hybridized carbons (Fsp3) is 0.619. The molecule has 1 aromatic heterocycles. The molecule has 0 radical (unpaired) electrons. The van der Waals surface area contributed by atoms with Gasteiger partial charge in [-0.2, -0.15) is 0 Å². The van der Waals surface area contributed by atoms with Gasteiger partial charge < -0.3 is 19.8 Å². The number of nitrogens with one attached hydrogen (secondary N) is 1. The third-order valence-electron chi connectivity index (χ3n) is 6.24. The first-order valence-electron chi connectivity index (χ1n) is 10.4. The van der Waals surface area contributed by atoms with Crippen molar-refractivity contribution in [1.29, 1.82) is 0 Å². The van der Waals surface area contributed by atoms with Crippen LogP contribution in [0.2, 0.25) is 0 Å². The number of carbonyl (C=O) groups excluding carboxylic acids is 1. The lowest BCUT2D eigenvalue weighted by Gasteiger charge is -2.36. The van der Waals surface area contributed by atoms with Crippen LogP contribution in [-0.2, 0) is 4.79 Å². The largest absolute Gasteiger partial charge is 0.387 e. The third-order valence-corrected chi connectivity index (χ3v) is 6.24. The standard InChI is InChI=1S/C21H30N4O3/c26-15-20(27)22-17-7-5-16(6-8-17)9-10-24-11-13-25(14-12-24)21-18-3-1-2-4-19(18)28-23-21/h1-4,16-17,26H,5-15H2,(H,22,27). The number of anilines is 1. The third kappa shape index (κ3) is 4.47. The van der Waals surface area contributed by atoms with Crippen LogP contribution in [0.25, 0.3) is 11.0 Å². The van der Waals surface area contributed by atoms with Crippen molar-refractivity contribution in [3.63, 3.8) is 0 Å². The summed E-state index contributed by atoms with van der Waals surface area (Å²) in [5.41, 5.74) is 0.853. The maximum absolute atomic E-state index is 11.3. The number of aliphatic hydroxyl groups is 1. The molecule has 2 N–H and O–H groups in total. The number of aromatic nitrogens is 1. The van der Waals surface area contributed by atoms with Gasteiger partial charge in [0, 0.05) is 32.2 Å². The molecule has 1 amide bonds. The second kappa shape index (κ2) is 8.92. The van der Waals surface area contributed by atoms with Crippen LogP contribution >= 0.6 is 0 Å². The highest BCUT2D eigenvalue weighted by Crippen LogP contribution is 2.28. The van der Waals surface area contributed by atoms with Crippen LogP contribution in [0.1, 0.15) is 32.1 Å². The lowest BCUT2D eigenvalue weighted by atomic mass is 9.84. The second-order valence-corrected chi connectivity index (χ2v) is 8.06. The Labute approximate surface area is 165 Å². The Kier molecular flexibility index (Phi) is 6.12. The number of para-hydroxylation sites is 1. The van der Waals surface area contributed by atoms with Crippen LogP contribution in [0.3, 0.4) is 0 Å². The molecule has 1 saturated carbocycles. The number of aliphatic hydroxyl groups excluding tert-OH is 1. The maximum atomic E-state index is 11.3. The van der Waals surface area contributed by atoms with E-state index in [0.29, 0.717) is 0 Å². The normalized spacial score (nSPS) is 23.8. The number of benzene rings is 1. The van der Waals surface area contributed by atoms with Gasteiger partial charge in [0.1, 0.15) is 6.61 Å². The average Bonchev–Trinajstić information content (AvgIpc) is 3.18. The molecule has 4 rings (SSSR count). The smallest absolute Gasteiger partial charge is 0.245 e. The van der Waals surface area contributed by atoms with E-state index in [4.69, 9.17) is 9.63 Å². The van der Waals surface area contributed by atoms with E-state index in [-0.39, 0.29) is 11.9 Å². The first kappa shape index (κ1) is 19.2. The van der Waals surface area contributed by atoms with Gasteiger partial charge in [0.25, 0.3) is 0 Å². The van der Waals surface area contributed by atoms with Crippen molar-refractivity contribution in [2.75, 3.05) is 44.2 Å². The number of hydrogen-bond acceptors (Lipinski definition) is 6. The summed E-state index contributed by atoms with van der Waals surface area (Å²) in [6, 6.07) is 8.29. The number of hydrogen-bond donors (Lipinski definition) is 2. The predicted molar refractivity (Wildman–Crippen MR) is 108 cm³/mol. The second-order valence-electron chi connectivity index (χ2n) is 8.06. The van der Waals surface area contributed by atoms with E-state index >= 15 is 0 Å². The molecule has 2 aliphatic rings. The molecule has 0 spiro atoms. The van der Waals surface area contributed by atoms with E-state index in [1.165, 1.54) is 19.3 Å². The van der Waals surface area contributed by atoms with E-state index in [9.17, 15) is 4.79 Å². The number of rotatable bonds is 6. The summed E-state index contributed by atoms with van der Waals surface area (Å²) in [5, 5.41) is 17.1. The highest BCUT2D eigenvalue weighted by molar-refractivity contribution is 5.88. The Morgan fingerprint density at radius 3 is 2.64 bits per heavy atom. The number of amides is 1. The molecule has 28 heavy (non-hydrogen) atoms. The highest BCUT2D eigenvalue weighted by Gasteiger charge is 2.25. The lowest BCUT2D eigenvalue weighted by molar-refractivity contribution is -0.124. The molecule has 1 saturated heterocycles. The Morgan fingerprint density at radius 1 is 1.14 bits per heavy atom. The quantitative estimate of drug-likeness (QED) is 0.790. The van der Waals surface area contributed by atoms with Crippen molar-refractivity contribution < 1.29 is 14.4 Å². The SMILES string of the molecule is O=C(CO)NC1CCC(CCN2CCN(c3noc4ccccc34)CC2)CC1. The molecule has 1 aromatic carbocycles. The molecule has 0 atom stereocenters. The van der Waals surface area contributed by atoms with Crippen LogP contribution < -0.4 is 10.2 Å². The molecule has 0 unspecified atom stereocenters. The van der Waals surface area contributed by atoms with Gasteiger partial charge >= 0.3 is 0 Å². The van der Waals surface area contributed by atoms with Gasteiger partial charge in [-0.1, -0.05) is 17.3 Å². The summed E-state index contributed by atoms with van der Waals surface area (Å²) in [6.07, 6.45) is 5.63.